The molecular weight excluding hydrogens is 321 g/mol. The first-order chi connectivity index (χ1) is 11.9. The van der Waals surface area contributed by atoms with Crippen LogP contribution in [-0.4, -0.2) is 17.9 Å². The number of carbonyl (C=O) groups excluding carboxylic acids is 2. The molecule has 0 saturated heterocycles. The number of nitrogens with two attached hydrogens (primary N) is 1. The number of amides is 2. The fourth-order valence-corrected chi connectivity index (χ4v) is 2.09. The van der Waals surface area contributed by atoms with Crippen LogP contribution >= 0.6 is 0 Å². The van der Waals surface area contributed by atoms with E-state index in [0.717, 1.165) is 5.56 Å². The average Bonchev–Trinajstić information content (AvgIpc) is 2.60. The van der Waals surface area contributed by atoms with E-state index in [2.05, 4.69) is 10.6 Å². The van der Waals surface area contributed by atoms with Gasteiger partial charge in [-0.15, -0.1) is 0 Å². The molecule has 2 atom stereocenters. The van der Waals surface area contributed by atoms with Crippen molar-refractivity contribution in [3.05, 3.63) is 65.5 Å². The first-order valence-electron chi connectivity index (χ1n) is 8.06. The van der Waals surface area contributed by atoms with Gasteiger partial charge in [0.15, 0.2) is 0 Å². The summed E-state index contributed by atoms with van der Waals surface area (Å²) in [4.78, 5) is 24.1. The van der Waals surface area contributed by atoms with Crippen LogP contribution in [0.4, 0.5) is 10.1 Å². The molecule has 0 aromatic heterocycles. The van der Waals surface area contributed by atoms with Crippen LogP contribution in [0.3, 0.4) is 0 Å². The Labute approximate surface area is 146 Å². The van der Waals surface area contributed by atoms with Crippen LogP contribution < -0.4 is 16.4 Å². The Morgan fingerprint density at radius 2 is 1.64 bits per heavy atom. The SMILES string of the molecule is CC(N)C(C)C(=O)Nc1ccc(C(=O)NCc2ccc(F)cc2)cc1. The lowest BCUT2D eigenvalue weighted by atomic mass is 10.0. The number of rotatable bonds is 6. The maximum Gasteiger partial charge on any atom is 0.251 e. The Morgan fingerprint density at radius 3 is 2.20 bits per heavy atom. The van der Waals surface area contributed by atoms with Gasteiger partial charge in [-0.2, -0.15) is 0 Å². The molecule has 132 valence electrons. The Kier molecular flexibility index (Phi) is 6.25. The summed E-state index contributed by atoms with van der Waals surface area (Å²) < 4.78 is 12.8. The summed E-state index contributed by atoms with van der Waals surface area (Å²) in [7, 11) is 0. The number of anilines is 1. The van der Waals surface area contributed by atoms with E-state index in [-0.39, 0.29) is 29.6 Å². The molecule has 2 rings (SSSR count). The zero-order valence-corrected chi connectivity index (χ0v) is 14.3. The number of nitrogens with one attached hydrogen (secondary N) is 2. The van der Waals surface area contributed by atoms with E-state index in [1.165, 1.54) is 12.1 Å². The van der Waals surface area contributed by atoms with Crippen molar-refractivity contribution >= 4 is 17.5 Å². The van der Waals surface area contributed by atoms with Crippen molar-refractivity contribution in [2.75, 3.05) is 5.32 Å². The molecule has 0 bridgehead atoms. The lowest BCUT2D eigenvalue weighted by molar-refractivity contribution is -0.119. The van der Waals surface area contributed by atoms with Crippen molar-refractivity contribution in [1.29, 1.82) is 0 Å². The van der Waals surface area contributed by atoms with Gasteiger partial charge in [-0.05, 0) is 48.9 Å². The zero-order chi connectivity index (χ0) is 18.4. The summed E-state index contributed by atoms with van der Waals surface area (Å²) in [5, 5.41) is 5.53. The van der Waals surface area contributed by atoms with E-state index in [1.807, 2.05) is 0 Å². The van der Waals surface area contributed by atoms with Crippen molar-refractivity contribution in [3.63, 3.8) is 0 Å². The van der Waals surface area contributed by atoms with Gasteiger partial charge in [0.05, 0.1) is 5.92 Å². The van der Waals surface area contributed by atoms with Crippen LogP contribution in [0.1, 0.15) is 29.8 Å². The van der Waals surface area contributed by atoms with Crippen molar-refractivity contribution in [1.82, 2.24) is 5.32 Å². The lowest BCUT2D eigenvalue weighted by Crippen LogP contribution is -2.34. The van der Waals surface area contributed by atoms with E-state index in [9.17, 15) is 14.0 Å². The lowest BCUT2D eigenvalue weighted by Gasteiger charge is -2.15. The number of benzene rings is 2. The van der Waals surface area contributed by atoms with Crippen molar-refractivity contribution in [2.45, 2.75) is 26.4 Å². The van der Waals surface area contributed by atoms with Crippen LogP contribution in [0.15, 0.2) is 48.5 Å². The third kappa shape index (κ3) is 5.39. The van der Waals surface area contributed by atoms with Gasteiger partial charge in [0.2, 0.25) is 5.91 Å². The molecular formula is C19H22FN3O2. The number of hydrogen-bond donors (Lipinski definition) is 3. The molecule has 4 N–H and O–H groups in total. The van der Waals surface area contributed by atoms with Crippen molar-refractivity contribution in [2.24, 2.45) is 11.7 Å². The van der Waals surface area contributed by atoms with Crippen LogP contribution in [0.2, 0.25) is 0 Å². The number of carbonyl (C=O) groups is 2. The summed E-state index contributed by atoms with van der Waals surface area (Å²) in [5.41, 5.74) is 7.59. The fraction of sp³-hybridized carbons (Fsp3) is 0.263. The van der Waals surface area contributed by atoms with Crippen LogP contribution in [0.5, 0.6) is 0 Å². The molecule has 2 amide bonds. The zero-order valence-electron chi connectivity index (χ0n) is 14.3. The van der Waals surface area contributed by atoms with Gasteiger partial charge in [-0.3, -0.25) is 9.59 Å². The fourth-order valence-electron chi connectivity index (χ4n) is 2.09. The second-order valence-corrected chi connectivity index (χ2v) is 6.02. The first kappa shape index (κ1) is 18.6. The summed E-state index contributed by atoms with van der Waals surface area (Å²) in [5.74, 6) is -1.03. The largest absolute Gasteiger partial charge is 0.348 e. The second kappa shape index (κ2) is 8.39. The summed E-state index contributed by atoms with van der Waals surface area (Å²) >= 11 is 0. The van der Waals surface area contributed by atoms with E-state index in [4.69, 9.17) is 5.73 Å². The quantitative estimate of drug-likeness (QED) is 0.754. The predicted octanol–water partition coefficient (Wildman–Crippen LogP) is 2.68. The highest BCUT2D eigenvalue weighted by molar-refractivity contribution is 5.96. The molecule has 0 aliphatic rings. The van der Waals surface area contributed by atoms with Gasteiger partial charge in [0, 0.05) is 23.8 Å². The van der Waals surface area contributed by atoms with Crippen LogP contribution in [0, 0.1) is 11.7 Å². The Morgan fingerprint density at radius 1 is 1.04 bits per heavy atom. The van der Waals surface area contributed by atoms with Gasteiger partial charge in [0.25, 0.3) is 5.91 Å². The second-order valence-electron chi connectivity index (χ2n) is 6.02. The Bertz CT molecular complexity index is 727. The molecule has 0 aliphatic carbocycles. The standard InChI is InChI=1S/C19H22FN3O2/c1-12(13(2)21)18(24)23-17-9-5-15(6-10-17)19(25)22-11-14-3-7-16(20)8-4-14/h3-10,12-13H,11,21H2,1-2H3,(H,22,25)(H,23,24). The minimum Gasteiger partial charge on any atom is -0.348 e. The predicted molar refractivity (Wildman–Crippen MR) is 95.5 cm³/mol. The highest BCUT2D eigenvalue weighted by Crippen LogP contribution is 2.12. The van der Waals surface area contributed by atoms with E-state index < -0.39 is 0 Å². The summed E-state index contributed by atoms with van der Waals surface area (Å²) in [6.45, 7) is 3.85. The highest BCUT2D eigenvalue weighted by Gasteiger charge is 2.17. The van der Waals surface area contributed by atoms with Crippen molar-refractivity contribution < 1.29 is 14.0 Å². The molecule has 2 unspecified atom stereocenters. The Balaban J connectivity index is 1.91. The van der Waals surface area contributed by atoms with Crippen molar-refractivity contribution in [3.8, 4) is 0 Å². The van der Waals surface area contributed by atoms with Gasteiger partial charge in [0.1, 0.15) is 5.82 Å². The molecule has 0 fully saturated rings. The Hall–Kier alpha value is -2.73. The van der Waals surface area contributed by atoms with E-state index in [1.54, 1.807) is 50.2 Å². The smallest absolute Gasteiger partial charge is 0.251 e. The maximum absolute atomic E-state index is 12.8. The molecule has 0 spiro atoms. The van der Waals surface area contributed by atoms with Crippen LogP contribution in [-0.2, 0) is 11.3 Å². The molecule has 25 heavy (non-hydrogen) atoms. The topological polar surface area (TPSA) is 84.2 Å². The van der Waals surface area contributed by atoms with Crippen LogP contribution in [0.25, 0.3) is 0 Å². The van der Waals surface area contributed by atoms with Gasteiger partial charge in [-0.25, -0.2) is 4.39 Å². The number of hydrogen-bond acceptors (Lipinski definition) is 3. The minimum absolute atomic E-state index is 0.163. The summed E-state index contributed by atoms with van der Waals surface area (Å²) in [6.07, 6.45) is 0. The molecule has 0 saturated carbocycles. The minimum atomic E-state index is -0.314. The molecule has 0 heterocycles. The monoisotopic (exact) mass is 343 g/mol. The average molecular weight is 343 g/mol. The van der Waals surface area contributed by atoms with Gasteiger partial charge >= 0.3 is 0 Å². The highest BCUT2D eigenvalue weighted by atomic mass is 19.1. The maximum atomic E-state index is 12.8. The normalized spacial score (nSPS) is 13.0. The third-order valence-corrected chi connectivity index (χ3v) is 3.98. The van der Waals surface area contributed by atoms with Gasteiger partial charge in [-0.1, -0.05) is 19.1 Å². The van der Waals surface area contributed by atoms with E-state index in [0.29, 0.717) is 17.8 Å². The van der Waals surface area contributed by atoms with E-state index >= 15 is 0 Å². The first-order valence-corrected chi connectivity index (χ1v) is 8.06. The molecule has 2 aromatic rings. The molecule has 5 nitrogen and oxygen atoms in total. The molecule has 2 aromatic carbocycles. The third-order valence-electron chi connectivity index (χ3n) is 3.98. The molecule has 6 heteroatoms. The molecule has 0 radical (unpaired) electrons. The summed E-state index contributed by atoms with van der Waals surface area (Å²) in [6, 6.07) is 12.3. The number of halogens is 1. The van der Waals surface area contributed by atoms with Gasteiger partial charge < -0.3 is 16.4 Å². The molecule has 0 aliphatic heterocycles.